The third-order valence-electron chi connectivity index (χ3n) is 6.22. The molecule has 0 aliphatic carbocycles. The number of carbonyl (C=O) groups excluding carboxylic acids is 2. The molecule has 3 aromatic rings. The van der Waals surface area contributed by atoms with E-state index in [2.05, 4.69) is 24.3 Å². The van der Waals surface area contributed by atoms with Gasteiger partial charge in [0.25, 0.3) is 11.8 Å². The third kappa shape index (κ3) is 3.39. The molecule has 0 unspecified atom stereocenters. The van der Waals surface area contributed by atoms with Crippen molar-refractivity contribution in [3.8, 4) is 0 Å². The van der Waals surface area contributed by atoms with Gasteiger partial charge in [-0.2, -0.15) is 0 Å². The van der Waals surface area contributed by atoms with Crippen molar-refractivity contribution in [3.05, 3.63) is 106 Å². The average molecular weight is 396 g/mol. The summed E-state index contributed by atoms with van der Waals surface area (Å²) >= 11 is 0. The van der Waals surface area contributed by atoms with E-state index in [4.69, 9.17) is 0 Å². The minimum atomic E-state index is -0.0640. The van der Waals surface area contributed by atoms with Crippen molar-refractivity contribution in [1.82, 2.24) is 9.80 Å². The minimum absolute atomic E-state index is 0.0640. The van der Waals surface area contributed by atoms with Crippen molar-refractivity contribution in [2.24, 2.45) is 0 Å². The molecule has 0 N–H and O–H groups in total. The Morgan fingerprint density at radius 2 is 0.900 bits per heavy atom. The Morgan fingerprint density at radius 1 is 0.533 bits per heavy atom. The number of nitrogens with zero attached hydrogens (tertiary/aromatic N) is 2. The molecule has 2 heterocycles. The summed E-state index contributed by atoms with van der Waals surface area (Å²) in [6, 6.07) is 23.8. The molecular formula is C26H24N2O2. The molecule has 3 aromatic carbocycles. The van der Waals surface area contributed by atoms with Crippen molar-refractivity contribution in [1.29, 1.82) is 0 Å². The quantitative estimate of drug-likeness (QED) is 0.655. The first-order valence-corrected chi connectivity index (χ1v) is 10.5. The summed E-state index contributed by atoms with van der Waals surface area (Å²) in [5, 5.41) is 0. The van der Waals surface area contributed by atoms with Gasteiger partial charge in [0.05, 0.1) is 11.1 Å². The average Bonchev–Trinajstić information content (AvgIpc) is 2.82. The van der Waals surface area contributed by atoms with Gasteiger partial charge in [-0.05, 0) is 47.2 Å². The van der Waals surface area contributed by atoms with Gasteiger partial charge in [-0.25, -0.2) is 0 Å². The number of rotatable bonds is 2. The maximum absolute atomic E-state index is 13.4. The van der Waals surface area contributed by atoms with Gasteiger partial charge in [-0.1, -0.05) is 60.7 Å². The molecule has 30 heavy (non-hydrogen) atoms. The Labute approximate surface area is 176 Å². The van der Waals surface area contributed by atoms with Gasteiger partial charge < -0.3 is 9.80 Å². The molecule has 150 valence electrons. The number of hydrogen-bond donors (Lipinski definition) is 0. The zero-order chi connectivity index (χ0) is 20.5. The van der Waals surface area contributed by atoms with Gasteiger partial charge in [0, 0.05) is 26.2 Å². The molecule has 2 amide bonds. The predicted molar refractivity (Wildman–Crippen MR) is 116 cm³/mol. The normalized spacial score (nSPS) is 15.3. The zero-order valence-electron chi connectivity index (χ0n) is 16.9. The van der Waals surface area contributed by atoms with Crippen LogP contribution in [0.1, 0.15) is 43.0 Å². The van der Waals surface area contributed by atoms with Crippen LogP contribution in [-0.2, 0) is 25.9 Å². The molecule has 0 aromatic heterocycles. The fourth-order valence-corrected chi connectivity index (χ4v) is 4.53. The Balaban J connectivity index is 1.39. The number of hydrogen-bond acceptors (Lipinski definition) is 2. The number of carbonyl (C=O) groups is 2. The standard InChI is InChI=1S/C26H24N2O2/c29-25(27-15-13-19-7-1-3-9-21(19)17-27)23-11-5-6-12-24(23)26(30)28-16-14-20-8-2-4-10-22(20)18-28/h1-12H,13-18H2. The summed E-state index contributed by atoms with van der Waals surface area (Å²) in [5.41, 5.74) is 5.99. The van der Waals surface area contributed by atoms with Crippen molar-refractivity contribution in [2.45, 2.75) is 25.9 Å². The van der Waals surface area contributed by atoms with E-state index in [1.165, 1.54) is 22.3 Å². The highest BCUT2D eigenvalue weighted by Crippen LogP contribution is 2.24. The summed E-state index contributed by atoms with van der Waals surface area (Å²) < 4.78 is 0. The lowest BCUT2D eigenvalue weighted by Gasteiger charge is -2.31. The molecule has 4 nitrogen and oxygen atoms in total. The molecule has 0 spiro atoms. The first-order chi connectivity index (χ1) is 14.7. The molecule has 0 fully saturated rings. The largest absolute Gasteiger partial charge is 0.334 e. The van der Waals surface area contributed by atoms with Gasteiger partial charge in [0.2, 0.25) is 0 Å². The molecule has 2 aliphatic rings. The topological polar surface area (TPSA) is 40.6 Å². The highest BCUT2D eigenvalue weighted by atomic mass is 16.2. The molecule has 0 saturated carbocycles. The van der Waals surface area contributed by atoms with Crippen LogP contribution in [0.5, 0.6) is 0 Å². The van der Waals surface area contributed by atoms with Gasteiger partial charge in [0.15, 0.2) is 0 Å². The molecule has 4 heteroatoms. The maximum atomic E-state index is 13.4. The molecule has 2 aliphatic heterocycles. The second-order valence-electron chi connectivity index (χ2n) is 8.04. The van der Waals surface area contributed by atoms with Gasteiger partial charge in [-0.15, -0.1) is 0 Å². The van der Waals surface area contributed by atoms with E-state index < -0.39 is 0 Å². The summed E-state index contributed by atoms with van der Waals surface area (Å²) in [7, 11) is 0. The van der Waals surface area contributed by atoms with Gasteiger partial charge in [-0.3, -0.25) is 9.59 Å². The highest BCUT2D eigenvalue weighted by molar-refractivity contribution is 6.07. The van der Waals surface area contributed by atoms with E-state index in [0.29, 0.717) is 37.3 Å². The van der Waals surface area contributed by atoms with Crippen LogP contribution in [0, 0.1) is 0 Å². The van der Waals surface area contributed by atoms with E-state index in [9.17, 15) is 9.59 Å². The van der Waals surface area contributed by atoms with Crippen molar-refractivity contribution in [2.75, 3.05) is 13.1 Å². The van der Waals surface area contributed by atoms with Crippen LogP contribution < -0.4 is 0 Å². The molecule has 0 bridgehead atoms. The Hall–Kier alpha value is -3.40. The van der Waals surface area contributed by atoms with Crippen molar-refractivity contribution >= 4 is 11.8 Å². The number of benzene rings is 3. The monoisotopic (exact) mass is 396 g/mol. The first kappa shape index (κ1) is 18.6. The third-order valence-corrected chi connectivity index (χ3v) is 6.22. The van der Waals surface area contributed by atoms with Crippen LogP contribution in [0.25, 0.3) is 0 Å². The predicted octanol–water partition coefficient (Wildman–Crippen LogP) is 4.08. The Bertz CT molecular complexity index is 1030. The van der Waals surface area contributed by atoms with Crippen LogP contribution in [-0.4, -0.2) is 34.7 Å². The van der Waals surface area contributed by atoms with Crippen LogP contribution in [0.3, 0.4) is 0 Å². The summed E-state index contributed by atoms with van der Waals surface area (Å²) in [5.74, 6) is -0.128. The molecule has 0 saturated heterocycles. The Kier molecular flexibility index (Phi) is 4.83. The van der Waals surface area contributed by atoms with Crippen molar-refractivity contribution in [3.63, 3.8) is 0 Å². The lowest BCUT2D eigenvalue weighted by atomic mass is 9.97. The zero-order valence-corrected chi connectivity index (χ0v) is 16.9. The summed E-state index contributed by atoms with van der Waals surface area (Å²) in [6.45, 7) is 2.54. The summed E-state index contributed by atoms with van der Waals surface area (Å²) in [6.07, 6.45) is 1.70. The van der Waals surface area contributed by atoms with E-state index in [1.54, 1.807) is 12.1 Å². The fraction of sp³-hybridized carbons (Fsp3) is 0.231. The van der Waals surface area contributed by atoms with E-state index in [1.807, 2.05) is 46.2 Å². The second kappa shape index (κ2) is 7.79. The van der Waals surface area contributed by atoms with Crippen molar-refractivity contribution < 1.29 is 9.59 Å². The van der Waals surface area contributed by atoms with Gasteiger partial charge in [0.1, 0.15) is 0 Å². The number of amides is 2. The van der Waals surface area contributed by atoms with Gasteiger partial charge >= 0.3 is 0 Å². The summed E-state index contributed by atoms with van der Waals surface area (Å²) in [4.78, 5) is 30.5. The number of fused-ring (bicyclic) bond motifs is 2. The minimum Gasteiger partial charge on any atom is -0.334 e. The SMILES string of the molecule is O=C(c1ccccc1C(=O)N1CCc2ccccc2C1)N1CCc2ccccc2C1. The molecular weight excluding hydrogens is 372 g/mol. The van der Waals surface area contributed by atoms with Crippen LogP contribution >= 0.6 is 0 Å². The van der Waals surface area contributed by atoms with E-state index in [-0.39, 0.29) is 11.8 Å². The van der Waals surface area contributed by atoms with Crippen LogP contribution in [0.15, 0.2) is 72.8 Å². The van der Waals surface area contributed by atoms with Crippen LogP contribution in [0.2, 0.25) is 0 Å². The smallest absolute Gasteiger partial charge is 0.254 e. The van der Waals surface area contributed by atoms with E-state index in [0.717, 1.165) is 12.8 Å². The molecule has 0 atom stereocenters. The fourth-order valence-electron chi connectivity index (χ4n) is 4.53. The molecule has 0 radical (unpaired) electrons. The second-order valence-corrected chi connectivity index (χ2v) is 8.04. The molecule has 5 rings (SSSR count). The first-order valence-electron chi connectivity index (χ1n) is 10.5. The highest BCUT2D eigenvalue weighted by Gasteiger charge is 2.28. The lowest BCUT2D eigenvalue weighted by molar-refractivity contribution is 0.0695. The lowest BCUT2D eigenvalue weighted by Crippen LogP contribution is -2.39. The van der Waals surface area contributed by atoms with Crippen LogP contribution in [0.4, 0.5) is 0 Å². The van der Waals surface area contributed by atoms with E-state index >= 15 is 0 Å². The maximum Gasteiger partial charge on any atom is 0.254 e. The Morgan fingerprint density at radius 3 is 1.33 bits per heavy atom.